The monoisotopic (exact) mass is 593 g/mol. The fraction of sp³-hybridized carbons (Fsp3) is 0.571. The first-order valence-corrected chi connectivity index (χ1v) is 15.9. The van der Waals surface area contributed by atoms with Crippen LogP contribution in [0.2, 0.25) is 0 Å². The average Bonchev–Trinajstić information content (AvgIpc) is 3.72. The largest absolute Gasteiger partial charge is 0.367 e. The van der Waals surface area contributed by atoms with Crippen molar-refractivity contribution in [3.8, 4) is 5.69 Å². The summed E-state index contributed by atoms with van der Waals surface area (Å²) in [6.45, 7) is 13.4. The van der Waals surface area contributed by atoms with Crippen LogP contribution in [0.3, 0.4) is 0 Å². The highest BCUT2D eigenvalue weighted by atomic mass is 79.9. The van der Waals surface area contributed by atoms with Gasteiger partial charge in [-0.15, -0.1) is 0 Å². The summed E-state index contributed by atoms with van der Waals surface area (Å²) in [7, 11) is 0. The van der Waals surface area contributed by atoms with E-state index >= 15 is 0 Å². The van der Waals surface area contributed by atoms with Gasteiger partial charge < -0.3 is 4.74 Å². The van der Waals surface area contributed by atoms with Gasteiger partial charge in [-0.1, -0.05) is 107 Å². The maximum absolute atomic E-state index is 13.8. The Balaban J connectivity index is 1.60. The average molecular weight is 595 g/mol. The third-order valence-electron chi connectivity index (χ3n) is 8.30. The molecule has 1 unspecified atom stereocenters. The Morgan fingerprint density at radius 2 is 1.64 bits per heavy atom. The van der Waals surface area contributed by atoms with Crippen molar-refractivity contribution >= 4 is 26.7 Å². The van der Waals surface area contributed by atoms with Crippen molar-refractivity contribution in [3.05, 3.63) is 74.6 Å². The quantitative estimate of drug-likeness (QED) is 0.184. The fourth-order valence-electron chi connectivity index (χ4n) is 5.81. The smallest absolute Gasteiger partial charge is 0.262 e. The van der Waals surface area contributed by atoms with Crippen LogP contribution in [0.4, 0.5) is 0 Å². The minimum absolute atomic E-state index is 0.0138. The molecule has 0 saturated heterocycles. The lowest BCUT2D eigenvalue weighted by Gasteiger charge is -2.39. The Morgan fingerprint density at radius 1 is 0.949 bits per heavy atom. The number of benzene rings is 2. The fourth-order valence-corrected chi connectivity index (χ4v) is 6.64. The Morgan fingerprint density at radius 3 is 2.31 bits per heavy atom. The molecule has 0 spiro atoms. The number of halogens is 1. The van der Waals surface area contributed by atoms with Crippen molar-refractivity contribution < 1.29 is 4.74 Å². The van der Waals surface area contributed by atoms with E-state index in [2.05, 4.69) is 81.7 Å². The summed E-state index contributed by atoms with van der Waals surface area (Å²) in [6, 6.07) is 14.5. The summed E-state index contributed by atoms with van der Waals surface area (Å²) in [5.41, 5.74) is 2.66. The molecule has 1 aromatic heterocycles. The molecule has 0 N–H and O–H groups in total. The molecule has 1 heterocycles. The predicted molar refractivity (Wildman–Crippen MR) is 169 cm³/mol. The summed E-state index contributed by atoms with van der Waals surface area (Å²) < 4.78 is 9.77. The van der Waals surface area contributed by atoms with Crippen LogP contribution < -0.4 is 5.56 Å². The zero-order valence-corrected chi connectivity index (χ0v) is 26.6. The molecular weight excluding hydrogens is 546 g/mol. The van der Waals surface area contributed by atoms with Crippen molar-refractivity contribution in [1.29, 1.82) is 0 Å². The highest BCUT2D eigenvalue weighted by Crippen LogP contribution is 2.42. The molecule has 0 bridgehead atoms. The van der Waals surface area contributed by atoms with Crippen molar-refractivity contribution in [2.45, 2.75) is 123 Å². The molecule has 1 aliphatic rings. The minimum atomic E-state index is -0.598. The molecule has 2 aromatic carbocycles. The first-order valence-electron chi connectivity index (χ1n) is 15.2. The van der Waals surface area contributed by atoms with Crippen LogP contribution in [0.25, 0.3) is 16.5 Å². The maximum Gasteiger partial charge on any atom is 0.262 e. The standard InChI is InChI=1S/C35H48BrNO2/c1-7-8-9-10-11-12-13-17-31(34(2,3)4)39-35(5,6)32-29(36)15-14-16-30(32)37-23-22-27-24-26(25-18-19-25)20-21-28(27)33(37)38/h14-16,20-25,31H,7-13,17-19H2,1-6H3. The molecular formula is C35H48BrNO2. The molecule has 1 aliphatic carbocycles. The summed E-state index contributed by atoms with van der Waals surface area (Å²) in [5, 5.41) is 1.79. The number of unbranched alkanes of at least 4 members (excludes halogenated alkanes) is 6. The van der Waals surface area contributed by atoms with Crippen molar-refractivity contribution in [1.82, 2.24) is 4.57 Å². The lowest BCUT2D eigenvalue weighted by atomic mass is 9.84. The van der Waals surface area contributed by atoms with Gasteiger partial charge in [-0.05, 0) is 79.7 Å². The first-order chi connectivity index (χ1) is 18.5. The van der Waals surface area contributed by atoms with Crippen molar-refractivity contribution in [2.24, 2.45) is 5.41 Å². The van der Waals surface area contributed by atoms with E-state index in [1.165, 1.54) is 63.4 Å². The third kappa shape index (κ3) is 7.44. The molecule has 1 atom stereocenters. The number of hydrogen-bond acceptors (Lipinski definition) is 2. The van der Waals surface area contributed by atoms with Gasteiger partial charge in [0, 0.05) is 21.6 Å². The highest BCUT2D eigenvalue weighted by molar-refractivity contribution is 9.10. The Labute approximate surface area is 244 Å². The van der Waals surface area contributed by atoms with Crippen LogP contribution in [0.1, 0.15) is 123 Å². The Kier molecular flexibility index (Phi) is 9.81. The topological polar surface area (TPSA) is 31.2 Å². The molecule has 3 aromatic rings. The second-order valence-corrected chi connectivity index (χ2v) is 14.0. The number of rotatable bonds is 13. The first kappa shape index (κ1) is 30.1. The van der Waals surface area contributed by atoms with Crippen LogP contribution in [0, 0.1) is 5.41 Å². The van der Waals surface area contributed by atoms with Crippen LogP contribution >= 0.6 is 15.9 Å². The lowest BCUT2D eigenvalue weighted by Crippen LogP contribution is -2.38. The summed E-state index contributed by atoms with van der Waals surface area (Å²) in [5.74, 6) is 0.670. The van der Waals surface area contributed by atoms with Crippen molar-refractivity contribution in [2.75, 3.05) is 0 Å². The van der Waals surface area contributed by atoms with Gasteiger partial charge in [0.05, 0.1) is 17.4 Å². The van der Waals surface area contributed by atoms with Gasteiger partial charge in [-0.25, -0.2) is 0 Å². The van der Waals surface area contributed by atoms with Crippen LogP contribution in [0.5, 0.6) is 0 Å². The molecule has 4 heteroatoms. The minimum Gasteiger partial charge on any atom is -0.367 e. The third-order valence-corrected chi connectivity index (χ3v) is 8.96. The number of fused-ring (bicyclic) bond motifs is 1. The van der Waals surface area contributed by atoms with E-state index in [4.69, 9.17) is 4.74 Å². The van der Waals surface area contributed by atoms with Gasteiger partial charge in [-0.2, -0.15) is 0 Å². The van der Waals surface area contributed by atoms with E-state index in [0.29, 0.717) is 5.92 Å². The zero-order chi connectivity index (χ0) is 28.2. The number of aromatic nitrogens is 1. The van der Waals surface area contributed by atoms with E-state index in [1.54, 1.807) is 4.57 Å². The second kappa shape index (κ2) is 12.7. The lowest BCUT2D eigenvalue weighted by molar-refractivity contribution is -0.122. The van der Waals surface area contributed by atoms with Crippen molar-refractivity contribution in [3.63, 3.8) is 0 Å². The number of pyridine rings is 1. The summed E-state index contributed by atoms with van der Waals surface area (Å²) in [4.78, 5) is 13.8. The van der Waals surface area contributed by atoms with Gasteiger partial charge in [-0.3, -0.25) is 9.36 Å². The molecule has 39 heavy (non-hydrogen) atoms. The molecule has 0 radical (unpaired) electrons. The number of ether oxygens (including phenoxy) is 1. The van der Waals surface area contributed by atoms with Crippen LogP contribution in [-0.4, -0.2) is 10.7 Å². The van der Waals surface area contributed by atoms with Gasteiger partial charge >= 0.3 is 0 Å². The number of nitrogens with zero attached hydrogens (tertiary/aromatic N) is 1. The molecule has 0 aliphatic heterocycles. The summed E-state index contributed by atoms with van der Waals surface area (Å²) >= 11 is 3.83. The van der Waals surface area contributed by atoms with E-state index in [1.807, 2.05) is 24.4 Å². The number of hydrogen-bond donors (Lipinski definition) is 0. The van der Waals surface area contributed by atoms with Gasteiger partial charge in [0.1, 0.15) is 0 Å². The Hall–Kier alpha value is -1.91. The van der Waals surface area contributed by atoms with Crippen LogP contribution in [0.15, 0.2) is 57.9 Å². The second-order valence-electron chi connectivity index (χ2n) is 13.1. The highest BCUT2D eigenvalue weighted by Gasteiger charge is 2.35. The van der Waals surface area contributed by atoms with Gasteiger partial charge in [0.2, 0.25) is 0 Å². The normalized spacial score (nSPS) is 15.2. The Bertz CT molecular complexity index is 1310. The molecule has 4 rings (SSSR count). The summed E-state index contributed by atoms with van der Waals surface area (Å²) in [6.07, 6.45) is 14.7. The van der Waals surface area contributed by atoms with Crippen LogP contribution in [-0.2, 0) is 10.3 Å². The van der Waals surface area contributed by atoms with Gasteiger partial charge in [0.15, 0.2) is 0 Å². The molecule has 212 valence electrons. The van der Waals surface area contributed by atoms with E-state index < -0.39 is 5.60 Å². The van der Waals surface area contributed by atoms with E-state index in [0.717, 1.165) is 32.9 Å². The zero-order valence-electron chi connectivity index (χ0n) is 25.0. The van der Waals surface area contributed by atoms with E-state index in [-0.39, 0.29) is 17.1 Å². The maximum atomic E-state index is 13.8. The molecule has 3 nitrogen and oxygen atoms in total. The molecule has 1 fully saturated rings. The molecule has 0 amide bonds. The van der Waals surface area contributed by atoms with E-state index in [9.17, 15) is 4.79 Å². The van der Waals surface area contributed by atoms with Gasteiger partial charge in [0.25, 0.3) is 5.56 Å². The molecule has 1 saturated carbocycles. The predicted octanol–water partition coefficient (Wildman–Crippen LogP) is 10.4. The SMILES string of the molecule is CCCCCCCCCC(OC(C)(C)c1c(Br)cccc1-n1ccc2cc(C3CC3)ccc2c1=O)C(C)(C)C.